The Morgan fingerprint density at radius 3 is 2.55 bits per heavy atom. The molecule has 0 saturated carbocycles. The first kappa shape index (κ1) is 15.5. The fraction of sp³-hybridized carbons (Fsp3) is 0.188. The molecule has 114 valence electrons. The molecule has 2 rings (SSSR count). The quantitative estimate of drug-likeness (QED) is 0.461. The highest BCUT2D eigenvalue weighted by Gasteiger charge is 2.21. The maximum atomic E-state index is 12.0. The van der Waals surface area contributed by atoms with Gasteiger partial charge in [-0.25, -0.2) is 0 Å². The van der Waals surface area contributed by atoms with Crippen molar-refractivity contribution in [3.63, 3.8) is 0 Å². The summed E-state index contributed by atoms with van der Waals surface area (Å²) in [6, 6.07) is 10.3. The number of esters is 1. The van der Waals surface area contributed by atoms with Gasteiger partial charge in [0.2, 0.25) is 22.7 Å². The van der Waals surface area contributed by atoms with E-state index in [1.54, 1.807) is 0 Å². The molecule has 0 saturated heterocycles. The first-order chi connectivity index (χ1) is 10.6. The zero-order valence-electron chi connectivity index (χ0n) is 11.9. The van der Waals surface area contributed by atoms with Crippen molar-refractivity contribution in [3.8, 4) is 5.75 Å². The third-order valence-corrected chi connectivity index (χ3v) is 2.85. The van der Waals surface area contributed by atoms with Gasteiger partial charge in [-0.1, -0.05) is 30.3 Å². The van der Waals surface area contributed by atoms with Crippen LogP contribution in [-0.4, -0.2) is 18.9 Å². The smallest absolute Gasteiger partial charge is 0.313 e. The summed E-state index contributed by atoms with van der Waals surface area (Å²) in [5.74, 6) is -1.88. The summed E-state index contributed by atoms with van der Waals surface area (Å²) in [4.78, 5) is 35.0. The van der Waals surface area contributed by atoms with Crippen molar-refractivity contribution in [2.24, 2.45) is 0 Å². The van der Waals surface area contributed by atoms with Crippen molar-refractivity contribution in [2.45, 2.75) is 13.0 Å². The van der Waals surface area contributed by atoms with Crippen molar-refractivity contribution in [2.75, 3.05) is 7.11 Å². The van der Waals surface area contributed by atoms with Crippen LogP contribution in [0.4, 0.5) is 0 Å². The number of hydrogen-bond donors (Lipinski definition) is 0. The molecule has 0 fully saturated rings. The molecule has 6 heteroatoms. The first-order valence-electron chi connectivity index (χ1n) is 6.50. The highest BCUT2D eigenvalue weighted by molar-refractivity contribution is 6.05. The van der Waals surface area contributed by atoms with Crippen LogP contribution in [0.3, 0.4) is 0 Å². The number of methoxy groups -OCH3 is 1. The van der Waals surface area contributed by atoms with Crippen LogP contribution < -0.4 is 10.2 Å². The molecule has 1 aromatic heterocycles. The molecule has 22 heavy (non-hydrogen) atoms. The normalized spacial score (nSPS) is 10.0. The topological polar surface area (TPSA) is 82.8 Å². The molecule has 0 radical (unpaired) electrons. The van der Waals surface area contributed by atoms with E-state index < -0.39 is 23.6 Å². The molecular formula is C16H14O6. The number of rotatable bonds is 6. The van der Waals surface area contributed by atoms with Gasteiger partial charge in [0.05, 0.1) is 13.4 Å². The van der Waals surface area contributed by atoms with E-state index in [4.69, 9.17) is 9.15 Å². The average molecular weight is 302 g/mol. The minimum Gasteiger partial charge on any atom is -0.481 e. The first-order valence-corrected chi connectivity index (χ1v) is 6.50. The Balaban J connectivity index is 2.21. The fourth-order valence-electron chi connectivity index (χ4n) is 1.75. The van der Waals surface area contributed by atoms with E-state index in [0.717, 1.165) is 17.9 Å². The van der Waals surface area contributed by atoms with Crippen molar-refractivity contribution in [1.82, 2.24) is 0 Å². The summed E-state index contributed by atoms with van der Waals surface area (Å²) in [5, 5.41) is 0. The van der Waals surface area contributed by atoms with E-state index in [-0.39, 0.29) is 18.1 Å². The van der Waals surface area contributed by atoms with Crippen LogP contribution in [-0.2, 0) is 16.1 Å². The number of hydrogen-bond acceptors (Lipinski definition) is 6. The number of carbonyl (C=O) groups is 2. The van der Waals surface area contributed by atoms with E-state index in [1.165, 1.54) is 7.11 Å². The van der Waals surface area contributed by atoms with E-state index in [1.807, 2.05) is 30.3 Å². The standard InChI is InChI=1S/C16H14O6/c1-20-14(19)9-13(18)16-15(12(17)7-8-21-16)22-10-11-5-3-2-4-6-11/h2-8H,9-10H2,1H3. The summed E-state index contributed by atoms with van der Waals surface area (Å²) >= 11 is 0. The maximum absolute atomic E-state index is 12.0. The highest BCUT2D eigenvalue weighted by Crippen LogP contribution is 2.17. The summed E-state index contributed by atoms with van der Waals surface area (Å²) < 4.78 is 14.9. The molecule has 0 bridgehead atoms. The second-order valence-corrected chi connectivity index (χ2v) is 4.39. The lowest BCUT2D eigenvalue weighted by atomic mass is 10.2. The van der Waals surface area contributed by atoms with Gasteiger partial charge in [-0.05, 0) is 5.56 Å². The average Bonchev–Trinajstić information content (AvgIpc) is 2.54. The van der Waals surface area contributed by atoms with Gasteiger partial charge in [0.15, 0.2) is 0 Å². The second kappa shape index (κ2) is 7.21. The molecular weight excluding hydrogens is 288 g/mol. The lowest BCUT2D eigenvalue weighted by Gasteiger charge is -2.08. The number of ketones is 1. The molecule has 2 aromatic rings. The van der Waals surface area contributed by atoms with E-state index in [9.17, 15) is 14.4 Å². The van der Waals surface area contributed by atoms with Crippen molar-refractivity contribution in [3.05, 3.63) is 64.2 Å². The van der Waals surface area contributed by atoms with Gasteiger partial charge in [-0.15, -0.1) is 0 Å². The molecule has 0 aliphatic carbocycles. The van der Waals surface area contributed by atoms with Gasteiger partial charge < -0.3 is 13.9 Å². The highest BCUT2D eigenvalue weighted by atomic mass is 16.5. The zero-order chi connectivity index (χ0) is 15.9. The van der Waals surface area contributed by atoms with Gasteiger partial charge in [0, 0.05) is 6.07 Å². The van der Waals surface area contributed by atoms with Crippen molar-refractivity contribution >= 4 is 11.8 Å². The second-order valence-electron chi connectivity index (χ2n) is 4.39. The van der Waals surface area contributed by atoms with Gasteiger partial charge in [0.25, 0.3) is 0 Å². The number of carbonyl (C=O) groups excluding carboxylic acids is 2. The third kappa shape index (κ3) is 3.82. The van der Waals surface area contributed by atoms with Gasteiger partial charge >= 0.3 is 5.97 Å². The maximum Gasteiger partial charge on any atom is 0.313 e. The SMILES string of the molecule is COC(=O)CC(=O)c1occc(=O)c1OCc1ccccc1. The summed E-state index contributed by atoms with van der Waals surface area (Å²) in [6.45, 7) is 0.105. The Morgan fingerprint density at radius 2 is 1.86 bits per heavy atom. The van der Waals surface area contributed by atoms with Crippen LogP contribution in [0.2, 0.25) is 0 Å². The third-order valence-electron chi connectivity index (χ3n) is 2.85. The van der Waals surface area contributed by atoms with Crippen LogP contribution in [0.15, 0.2) is 51.9 Å². The largest absolute Gasteiger partial charge is 0.481 e. The van der Waals surface area contributed by atoms with Crippen LogP contribution in [0.5, 0.6) is 5.75 Å². The van der Waals surface area contributed by atoms with Gasteiger partial charge in [-0.2, -0.15) is 0 Å². The Kier molecular flexibility index (Phi) is 5.08. The minimum absolute atomic E-state index is 0.105. The molecule has 0 N–H and O–H groups in total. The van der Waals surface area contributed by atoms with Crippen LogP contribution in [0.25, 0.3) is 0 Å². The lowest BCUT2D eigenvalue weighted by molar-refractivity contribution is -0.139. The van der Waals surface area contributed by atoms with Crippen molar-refractivity contribution < 1.29 is 23.5 Å². The predicted molar refractivity (Wildman–Crippen MR) is 76.7 cm³/mol. The number of benzene rings is 1. The summed E-state index contributed by atoms with van der Waals surface area (Å²) in [5.41, 5.74) is 0.340. The predicted octanol–water partition coefficient (Wildman–Crippen LogP) is 1.96. The monoisotopic (exact) mass is 302 g/mol. The Labute approximate surface area is 126 Å². The number of Topliss-reactive ketones (excluding diaryl/α,β-unsaturated/α-hetero) is 1. The summed E-state index contributed by atoms with van der Waals surface area (Å²) in [7, 11) is 1.17. The van der Waals surface area contributed by atoms with Gasteiger partial charge in [-0.3, -0.25) is 14.4 Å². The number of ether oxygens (including phenoxy) is 2. The van der Waals surface area contributed by atoms with Crippen molar-refractivity contribution in [1.29, 1.82) is 0 Å². The molecule has 1 heterocycles. The fourth-order valence-corrected chi connectivity index (χ4v) is 1.75. The lowest BCUT2D eigenvalue weighted by Crippen LogP contribution is -2.15. The zero-order valence-corrected chi connectivity index (χ0v) is 11.9. The Hall–Kier alpha value is -2.89. The molecule has 0 amide bonds. The molecule has 0 atom stereocenters. The molecule has 0 spiro atoms. The van der Waals surface area contributed by atoms with E-state index in [2.05, 4.69) is 4.74 Å². The van der Waals surface area contributed by atoms with Crippen LogP contribution >= 0.6 is 0 Å². The Bertz CT molecular complexity index is 717. The van der Waals surface area contributed by atoms with Crippen LogP contribution in [0.1, 0.15) is 22.5 Å². The van der Waals surface area contributed by atoms with Crippen LogP contribution in [0, 0.1) is 0 Å². The summed E-state index contributed by atoms with van der Waals surface area (Å²) in [6.07, 6.45) is 0.563. The molecule has 6 nitrogen and oxygen atoms in total. The van der Waals surface area contributed by atoms with E-state index in [0.29, 0.717) is 0 Å². The van der Waals surface area contributed by atoms with E-state index >= 15 is 0 Å². The van der Waals surface area contributed by atoms with Gasteiger partial charge in [0.1, 0.15) is 13.0 Å². The Morgan fingerprint density at radius 1 is 1.14 bits per heavy atom. The molecule has 0 aliphatic heterocycles. The molecule has 0 aliphatic rings. The molecule has 1 aromatic carbocycles. The molecule has 0 unspecified atom stereocenters. The minimum atomic E-state index is -0.717.